The number of allylic oxidation sites excluding steroid dienone is 1. The maximum Gasteiger partial charge on any atom is 0.329 e. The first kappa shape index (κ1) is 31.4. The van der Waals surface area contributed by atoms with E-state index in [-0.39, 0.29) is 29.1 Å². The Bertz CT molecular complexity index is 769. The van der Waals surface area contributed by atoms with E-state index in [1.54, 1.807) is 18.5 Å². The quantitative estimate of drug-likeness (QED) is 0.159. The molecule has 3 atom stereocenters. The van der Waals surface area contributed by atoms with Crippen LogP contribution in [0.1, 0.15) is 86.0 Å². The average molecular weight is 527 g/mol. The summed E-state index contributed by atoms with van der Waals surface area (Å²) in [6.07, 6.45) is 9.76. The van der Waals surface area contributed by atoms with Gasteiger partial charge in [0.15, 0.2) is 5.12 Å². The molecule has 7 nitrogen and oxygen atoms in total. The number of amides is 1. The van der Waals surface area contributed by atoms with Gasteiger partial charge in [-0.2, -0.15) is 0 Å². The number of nitrogens with zero attached hydrogens (tertiary/aromatic N) is 1. The maximum absolute atomic E-state index is 12.9. The molecule has 0 saturated heterocycles. The van der Waals surface area contributed by atoms with Crippen LogP contribution in [-0.2, 0) is 23.9 Å². The first-order chi connectivity index (χ1) is 16.6. The summed E-state index contributed by atoms with van der Waals surface area (Å²) in [4.78, 5) is 53.6. The molecule has 0 aromatic heterocycles. The van der Waals surface area contributed by atoms with Gasteiger partial charge in [0, 0.05) is 24.3 Å². The second kappa shape index (κ2) is 17.0. The molecule has 0 radical (unpaired) electrons. The fraction of sp³-hybridized carbons (Fsp3) is 0.731. The van der Waals surface area contributed by atoms with Gasteiger partial charge in [-0.25, -0.2) is 4.79 Å². The molecule has 1 N–H and O–H groups in total. The number of thioether (sulfide) groups is 2. The van der Waals surface area contributed by atoms with Crippen molar-refractivity contribution in [2.75, 3.05) is 11.5 Å². The molecule has 35 heavy (non-hydrogen) atoms. The number of hydrogen-bond donors (Lipinski definition) is 1. The van der Waals surface area contributed by atoms with E-state index >= 15 is 0 Å². The topological polar surface area (TPSA) is 102 Å². The molecule has 1 aliphatic heterocycles. The molecule has 198 valence electrons. The third-order valence-electron chi connectivity index (χ3n) is 5.61. The molecule has 1 aliphatic rings. The van der Waals surface area contributed by atoms with Crippen molar-refractivity contribution in [1.82, 2.24) is 5.32 Å². The zero-order valence-corrected chi connectivity index (χ0v) is 23.5. The minimum atomic E-state index is -0.901. The van der Waals surface area contributed by atoms with Gasteiger partial charge in [0.05, 0.1) is 5.55 Å². The standard InChI is InChI=1S/C26H42N2O5S2/c1-6-7-8-9-10-14-22(30)35-15-12-11-13-21(16-20(4)29)33-24(31)23(19(2)3)28-25(32)26(5)17-34-18-27-26/h11,13,18-19,21,23H,6-10,12,14-17H2,1-5H3,(H,28,32)/b13-11+/t21-,23?,26+/m1/s1. The Balaban J connectivity index is 2.55. The van der Waals surface area contributed by atoms with Crippen molar-refractivity contribution in [1.29, 1.82) is 0 Å². The zero-order chi connectivity index (χ0) is 26.3. The number of nitrogens with one attached hydrogen (secondary N) is 1. The SMILES string of the molecule is CCCCCCCC(=O)SCC/C=C/[C@H](CC(C)=O)OC(=O)C(NC(=O)[C@]1(C)CSC=N1)C(C)C. The third kappa shape index (κ3) is 12.8. The average Bonchev–Trinajstić information content (AvgIpc) is 3.23. The Morgan fingerprint density at radius 1 is 1.20 bits per heavy atom. The number of esters is 1. The molecule has 0 aromatic rings. The minimum absolute atomic E-state index is 0.0590. The number of unbranched alkanes of at least 4 members (excludes halogenated alkanes) is 4. The predicted octanol–water partition coefficient (Wildman–Crippen LogP) is 5.12. The summed E-state index contributed by atoms with van der Waals surface area (Å²) < 4.78 is 5.62. The lowest BCUT2D eigenvalue weighted by molar-refractivity contribution is -0.153. The van der Waals surface area contributed by atoms with E-state index in [4.69, 9.17) is 4.74 Å². The highest BCUT2D eigenvalue weighted by Crippen LogP contribution is 2.24. The van der Waals surface area contributed by atoms with Crippen LogP contribution in [0.15, 0.2) is 17.1 Å². The van der Waals surface area contributed by atoms with Gasteiger partial charge in [-0.1, -0.05) is 64.3 Å². The molecular weight excluding hydrogens is 484 g/mol. The van der Waals surface area contributed by atoms with Crippen molar-refractivity contribution in [3.63, 3.8) is 0 Å². The third-order valence-corrected chi connectivity index (χ3v) is 7.56. The van der Waals surface area contributed by atoms with E-state index in [0.717, 1.165) is 12.8 Å². The predicted molar refractivity (Wildman–Crippen MR) is 146 cm³/mol. The highest BCUT2D eigenvalue weighted by molar-refractivity contribution is 8.13. The van der Waals surface area contributed by atoms with Gasteiger partial charge >= 0.3 is 5.97 Å². The van der Waals surface area contributed by atoms with Crippen LogP contribution in [0, 0.1) is 5.92 Å². The van der Waals surface area contributed by atoms with Crippen LogP contribution in [-0.4, -0.2) is 57.5 Å². The van der Waals surface area contributed by atoms with Crippen LogP contribution in [0.5, 0.6) is 0 Å². The van der Waals surface area contributed by atoms with Crippen LogP contribution in [0.2, 0.25) is 0 Å². The Morgan fingerprint density at radius 2 is 1.91 bits per heavy atom. The van der Waals surface area contributed by atoms with Gasteiger partial charge in [-0.15, -0.1) is 11.8 Å². The fourth-order valence-corrected chi connectivity index (χ4v) is 5.08. The van der Waals surface area contributed by atoms with E-state index in [1.807, 2.05) is 19.9 Å². The normalized spacial score (nSPS) is 19.1. The molecule has 0 spiro atoms. The van der Waals surface area contributed by atoms with Crippen LogP contribution < -0.4 is 5.32 Å². The van der Waals surface area contributed by atoms with Crippen LogP contribution in [0.25, 0.3) is 0 Å². The monoisotopic (exact) mass is 526 g/mol. The van der Waals surface area contributed by atoms with Crippen molar-refractivity contribution in [2.24, 2.45) is 10.9 Å². The molecule has 0 aromatic carbocycles. The molecule has 1 heterocycles. The van der Waals surface area contributed by atoms with Gasteiger partial charge in [0.25, 0.3) is 0 Å². The highest BCUT2D eigenvalue weighted by atomic mass is 32.2. The number of rotatable bonds is 17. The van der Waals surface area contributed by atoms with E-state index in [1.165, 1.54) is 49.7 Å². The van der Waals surface area contributed by atoms with Gasteiger partial charge in [0.2, 0.25) is 5.91 Å². The van der Waals surface area contributed by atoms with Crippen molar-refractivity contribution >= 4 is 51.8 Å². The summed E-state index contributed by atoms with van der Waals surface area (Å²) in [7, 11) is 0. The number of Topliss-reactive ketones (excluding diaryl/α,β-unsaturated/α-hetero) is 1. The molecule has 1 amide bonds. The molecule has 1 unspecified atom stereocenters. The molecular formula is C26H42N2O5S2. The van der Waals surface area contributed by atoms with Crippen LogP contribution in [0.3, 0.4) is 0 Å². The Morgan fingerprint density at radius 3 is 2.51 bits per heavy atom. The van der Waals surface area contributed by atoms with Crippen molar-refractivity contribution < 1.29 is 23.9 Å². The lowest BCUT2D eigenvalue weighted by atomic mass is 10.0. The summed E-state index contributed by atoms with van der Waals surface area (Å²) in [6.45, 7) is 9.01. The number of carbonyl (C=O) groups excluding carboxylic acids is 4. The second-order valence-electron chi connectivity index (χ2n) is 9.50. The summed E-state index contributed by atoms with van der Waals surface area (Å²) in [5.74, 6) is -0.0229. The van der Waals surface area contributed by atoms with Gasteiger partial charge in [-0.05, 0) is 38.7 Å². The number of hydrogen-bond acceptors (Lipinski definition) is 8. The zero-order valence-electron chi connectivity index (χ0n) is 21.8. The molecule has 1 rings (SSSR count). The lowest BCUT2D eigenvalue weighted by Gasteiger charge is -2.27. The van der Waals surface area contributed by atoms with Gasteiger partial charge < -0.3 is 10.1 Å². The fourth-order valence-electron chi connectivity index (χ4n) is 3.40. The highest BCUT2D eigenvalue weighted by Gasteiger charge is 2.38. The van der Waals surface area contributed by atoms with E-state index in [9.17, 15) is 19.2 Å². The summed E-state index contributed by atoms with van der Waals surface area (Å²) in [5.41, 5.74) is 0.747. The molecule has 9 heteroatoms. The second-order valence-corrected chi connectivity index (χ2v) is 11.5. The number of ketones is 1. The van der Waals surface area contributed by atoms with Crippen molar-refractivity contribution in [3.05, 3.63) is 12.2 Å². The number of ether oxygens (including phenoxy) is 1. The first-order valence-electron chi connectivity index (χ1n) is 12.6. The largest absolute Gasteiger partial charge is 0.456 e. The van der Waals surface area contributed by atoms with Gasteiger partial charge in [-0.3, -0.25) is 19.4 Å². The number of aliphatic imine (C=N–C) groups is 1. The molecule has 0 bridgehead atoms. The van der Waals surface area contributed by atoms with Crippen molar-refractivity contribution in [3.8, 4) is 0 Å². The summed E-state index contributed by atoms with van der Waals surface area (Å²) >= 11 is 2.78. The summed E-state index contributed by atoms with van der Waals surface area (Å²) in [5, 5.41) is 2.99. The van der Waals surface area contributed by atoms with Gasteiger partial charge in [0.1, 0.15) is 23.5 Å². The van der Waals surface area contributed by atoms with Crippen molar-refractivity contribution in [2.45, 2.75) is 104 Å². The van der Waals surface area contributed by atoms with Crippen LogP contribution in [0.4, 0.5) is 0 Å². The maximum atomic E-state index is 12.9. The summed E-state index contributed by atoms with van der Waals surface area (Å²) in [6, 6.07) is -0.839. The molecule has 0 saturated carbocycles. The van der Waals surface area contributed by atoms with E-state index in [0.29, 0.717) is 24.3 Å². The Hall–Kier alpha value is -1.61. The smallest absolute Gasteiger partial charge is 0.329 e. The minimum Gasteiger partial charge on any atom is -0.456 e. The first-order valence-corrected chi connectivity index (χ1v) is 14.6. The molecule has 0 fully saturated rings. The van der Waals surface area contributed by atoms with E-state index in [2.05, 4.69) is 17.2 Å². The molecule has 0 aliphatic carbocycles. The Labute approximate surface area is 219 Å². The Kier molecular flexibility index (Phi) is 15.2. The number of carbonyl (C=O) groups is 4. The van der Waals surface area contributed by atoms with E-state index < -0.39 is 23.7 Å². The lowest BCUT2D eigenvalue weighted by Crippen LogP contribution is -2.53. The van der Waals surface area contributed by atoms with Crippen LogP contribution >= 0.6 is 23.5 Å².